The van der Waals surface area contributed by atoms with Gasteiger partial charge in [0, 0.05) is 4.75 Å². The van der Waals surface area contributed by atoms with E-state index in [2.05, 4.69) is 5.32 Å². The Labute approximate surface area is 159 Å². The number of hydrogen-bond donors (Lipinski definition) is 3. The molecule has 144 valence electrons. The van der Waals surface area contributed by atoms with E-state index in [1.165, 1.54) is 22.9 Å². The van der Waals surface area contributed by atoms with Crippen LogP contribution in [0.1, 0.15) is 26.7 Å². The average molecular weight is 392 g/mol. The van der Waals surface area contributed by atoms with E-state index in [4.69, 9.17) is 4.74 Å². The molecule has 3 aliphatic heterocycles. The number of nitrogens with one attached hydrogen (secondary N) is 1. The lowest BCUT2D eigenvalue weighted by atomic mass is 9.95. The molecule has 0 aromatic rings. The second kappa shape index (κ2) is 6.13. The Hall–Kier alpha value is -2.26. The summed E-state index contributed by atoms with van der Waals surface area (Å²) in [5.74, 6) is -2.13. The topological polar surface area (TPSA) is 116 Å². The van der Waals surface area contributed by atoms with Gasteiger partial charge in [-0.15, -0.1) is 11.8 Å². The fourth-order valence-corrected chi connectivity index (χ4v) is 5.76. The number of rotatable bonds is 4. The number of aliphatic hydroxyl groups excluding tert-OH is 1. The molecule has 2 saturated heterocycles. The van der Waals surface area contributed by atoms with Gasteiger partial charge in [-0.3, -0.25) is 9.59 Å². The number of β-lactam (4-membered cyclic amide) rings is 1. The molecular formula is C18H20N2O6S. The molecule has 4 rings (SSSR count). The summed E-state index contributed by atoms with van der Waals surface area (Å²) in [6.45, 7) is 3.54. The number of ether oxygens (including phenoxy) is 1. The number of carboxylic acid groups (broad SMARTS) is 1. The summed E-state index contributed by atoms with van der Waals surface area (Å²) >= 11 is 1.35. The minimum absolute atomic E-state index is 0.429. The van der Waals surface area contributed by atoms with Crippen LogP contribution in [-0.2, 0) is 19.1 Å². The van der Waals surface area contributed by atoms with Crippen LogP contribution in [-0.4, -0.2) is 61.2 Å². The Kier molecular flexibility index (Phi) is 4.12. The van der Waals surface area contributed by atoms with Gasteiger partial charge in [0.05, 0.1) is 12.5 Å². The molecule has 4 unspecified atom stereocenters. The van der Waals surface area contributed by atoms with Crippen molar-refractivity contribution < 1.29 is 29.3 Å². The van der Waals surface area contributed by atoms with Crippen LogP contribution in [0.2, 0.25) is 0 Å². The lowest BCUT2D eigenvalue weighted by molar-refractivity contribution is -0.161. The predicted octanol–water partition coefficient (Wildman–Crippen LogP) is 0.497. The molecule has 3 heterocycles. The van der Waals surface area contributed by atoms with E-state index in [9.17, 15) is 24.6 Å². The maximum absolute atomic E-state index is 12.6. The van der Waals surface area contributed by atoms with Crippen LogP contribution in [0.5, 0.6) is 0 Å². The fraction of sp³-hybridized carbons (Fsp3) is 0.500. The van der Waals surface area contributed by atoms with Crippen LogP contribution in [0.15, 0.2) is 35.3 Å². The van der Waals surface area contributed by atoms with Crippen molar-refractivity contribution in [3.05, 3.63) is 35.3 Å². The number of thioether (sulfide) groups is 1. The van der Waals surface area contributed by atoms with E-state index >= 15 is 0 Å². The molecule has 2 fully saturated rings. The zero-order chi connectivity index (χ0) is 19.5. The quantitative estimate of drug-likeness (QED) is 0.597. The smallest absolute Gasteiger partial charge is 0.327 e. The number of nitrogens with zero attached hydrogens (tertiary/aromatic N) is 1. The first-order valence-corrected chi connectivity index (χ1v) is 9.56. The molecule has 0 bridgehead atoms. The van der Waals surface area contributed by atoms with Crippen LogP contribution in [0, 0.1) is 0 Å². The summed E-state index contributed by atoms with van der Waals surface area (Å²) < 4.78 is 4.45. The molecule has 1 aliphatic carbocycles. The zero-order valence-electron chi connectivity index (χ0n) is 14.8. The van der Waals surface area contributed by atoms with Gasteiger partial charge >= 0.3 is 5.97 Å². The molecular weight excluding hydrogens is 372 g/mol. The highest BCUT2D eigenvalue weighted by Crippen LogP contribution is 2.50. The molecule has 3 N–H and O–H groups in total. The Morgan fingerprint density at radius 2 is 2.15 bits per heavy atom. The number of amides is 2. The van der Waals surface area contributed by atoms with E-state index in [0.29, 0.717) is 18.4 Å². The van der Waals surface area contributed by atoms with Crippen LogP contribution >= 0.6 is 11.8 Å². The zero-order valence-corrected chi connectivity index (χ0v) is 15.7. The monoisotopic (exact) mass is 392 g/mol. The van der Waals surface area contributed by atoms with E-state index in [-0.39, 0.29) is 0 Å². The van der Waals surface area contributed by atoms with Crippen LogP contribution < -0.4 is 5.32 Å². The van der Waals surface area contributed by atoms with Gasteiger partial charge in [0.15, 0.2) is 6.10 Å². The molecule has 0 aromatic heterocycles. The van der Waals surface area contributed by atoms with Gasteiger partial charge < -0.3 is 25.2 Å². The van der Waals surface area contributed by atoms with Crippen molar-refractivity contribution in [3.8, 4) is 0 Å². The minimum atomic E-state index is -1.36. The summed E-state index contributed by atoms with van der Waals surface area (Å²) in [5.41, 5.74) is 2.33. The number of allylic oxidation sites excluding steroid dienone is 3. The molecule has 27 heavy (non-hydrogen) atoms. The Morgan fingerprint density at radius 1 is 1.41 bits per heavy atom. The fourth-order valence-electron chi connectivity index (χ4n) is 4.13. The van der Waals surface area contributed by atoms with Crippen molar-refractivity contribution in [1.82, 2.24) is 10.2 Å². The second-order valence-corrected chi connectivity index (χ2v) is 9.28. The summed E-state index contributed by atoms with van der Waals surface area (Å²) in [6.07, 6.45) is 4.68. The first-order chi connectivity index (χ1) is 12.7. The maximum atomic E-state index is 12.6. The van der Waals surface area contributed by atoms with Gasteiger partial charge in [-0.1, -0.05) is 0 Å². The number of carbonyl (C=O) groups excluding carboxylic acids is 2. The normalized spacial score (nSPS) is 31.5. The molecule has 4 atom stereocenters. The van der Waals surface area contributed by atoms with Crippen LogP contribution in [0.3, 0.4) is 0 Å². The van der Waals surface area contributed by atoms with Crippen molar-refractivity contribution >= 4 is 29.5 Å². The highest BCUT2D eigenvalue weighted by Gasteiger charge is 2.64. The molecule has 0 saturated carbocycles. The molecule has 4 aliphatic rings. The summed E-state index contributed by atoms with van der Waals surface area (Å²) in [7, 11) is 0. The standard InChI is InChI=1S/C18H20N2O6S/c1-18(2)13(17(24)25)20-15(23)11(16(20)27-18)19-14(22)12(21)10-4-3-8-7-26-6-5-9(8)10/h5-7,11-13,16,21H,3-4H2,1-2H3,(H,19,22)(H,24,25). The first-order valence-electron chi connectivity index (χ1n) is 8.68. The van der Waals surface area contributed by atoms with Crippen molar-refractivity contribution in [2.24, 2.45) is 0 Å². The van der Waals surface area contributed by atoms with Gasteiger partial charge in [-0.25, -0.2) is 4.79 Å². The molecule has 9 heteroatoms. The van der Waals surface area contributed by atoms with Gasteiger partial charge in [-0.05, 0) is 49.5 Å². The third-order valence-corrected chi connectivity index (χ3v) is 7.00. The Morgan fingerprint density at radius 3 is 2.85 bits per heavy atom. The maximum Gasteiger partial charge on any atom is 0.327 e. The Bertz CT molecular complexity index is 830. The third-order valence-electron chi connectivity index (χ3n) is 5.43. The van der Waals surface area contributed by atoms with Gasteiger partial charge in [-0.2, -0.15) is 0 Å². The largest absolute Gasteiger partial charge is 0.480 e. The van der Waals surface area contributed by atoms with Crippen molar-refractivity contribution in [1.29, 1.82) is 0 Å². The minimum Gasteiger partial charge on any atom is -0.480 e. The second-order valence-electron chi connectivity index (χ2n) is 7.51. The average Bonchev–Trinajstić information content (AvgIpc) is 3.15. The van der Waals surface area contributed by atoms with Crippen molar-refractivity contribution in [2.75, 3.05) is 0 Å². The van der Waals surface area contributed by atoms with Crippen molar-refractivity contribution in [3.63, 3.8) is 0 Å². The summed E-state index contributed by atoms with van der Waals surface area (Å²) in [5, 5.41) is 22.1. The highest BCUT2D eigenvalue weighted by molar-refractivity contribution is 8.01. The predicted molar refractivity (Wildman–Crippen MR) is 96.2 cm³/mol. The highest BCUT2D eigenvalue weighted by atomic mass is 32.2. The number of carbonyl (C=O) groups is 3. The summed E-state index contributed by atoms with van der Waals surface area (Å²) in [4.78, 5) is 37.9. The number of carboxylic acids is 1. The number of fused-ring (bicyclic) bond motifs is 2. The van der Waals surface area contributed by atoms with Crippen LogP contribution in [0.4, 0.5) is 0 Å². The van der Waals surface area contributed by atoms with E-state index in [1.54, 1.807) is 26.2 Å². The molecule has 8 nitrogen and oxygen atoms in total. The molecule has 0 aromatic carbocycles. The SMILES string of the molecule is CC1(C)SC2C(NC(=O)C(O)C3=C4C=COC=C4CC3)C(=O)N2C1C(=O)O. The van der Waals surface area contributed by atoms with Crippen LogP contribution in [0.25, 0.3) is 0 Å². The van der Waals surface area contributed by atoms with E-state index in [1.807, 2.05) is 0 Å². The van der Waals surface area contributed by atoms with Gasteiger partial charge in [0.25, 0.3) is 5.91 Å². The number of aliphatic carboxylic acids is 1. The lowest BCUT2D eigenvalue weighted by Gasteiger charge is -2.43. The number of aliphatic hydroxyl groups is 1. The summed E-state index contributed by atoms with van der Waals surface area (Å²) in [6, 6.07) is -1.76. The first kappa shape index (κ1) is 18.1. The van der Waals surface area contributed by atoms with E-state index in [0.717, 1.165) is 11.1 Å². The number of hydrogen-bond acceptors (Lipinski definition) is 6. The van der Waals surface area contributed by atoms with Crippen molar-refractivity contribution in [2.45, 2.75) is 55.0 Å². The third kappa shape index (κ3) is 2.68. The van der Waals surface area contributed by atoms with Gasteiger partial charge in [0.2, 0.25) is 5.91 Å². The van der Waals surface area contributed by atoms with E-state index < -0.39 is 46.1 Å². The lowest BCUT2D eigenvalue weighted by Crippen LogP contribution is -2.71. The molecule has 0 radical (unpaired) electrons. The Balaban J connectivity index is 1.48. The molecule has 0 spiro atoms. The molecule has 2 amide bonds. The van der Waals surface area contributed by atoms with Gasteiger partial charge in [0.1, 0.15) is 17.5 Å².